The molecule has 0 saturated heterocycles. The zero-order valence-electron chi connectivity index (χ0n) is 15.1. The molecule has 3 rings (SSSR count). The lowest BCUT2D eigenvalue weighted by atomic mass is 10.1. The number of carbonyl (C=O) groups is 1. The lowest BCUT2D eigenvalue weighted by Crippen LogP contribution is -2.25. The molecule has 3 aromatic rings. The summed E-state index contributed by atoms with van der Waals surface area (Å²) in [5, 5.41) is 5.68. The molecule has 0 spiro atoms. The van der Waals surface area contributed by atoms with Crippen LogP contribution >= 0.6 is 11.6 Å². The van der Waals surface area contributed by atoms with Crippen molar-refractivity contribution in [1.82, 2.24) is 9.78 Å². The number of halogens is 4. The highest BCUT2D eigenvalue weighted by Gasteiger charge is 2.39. The molecule has 146 valence electrons. The van der Waals surface area contributed by atoms with Gasteiger partial charge in [0.15, 0.2) is 5.69 Å². The lowest BCUT2D eigenvalue weighted by molar-refractivity contribution is -0.141. The van der Waals surface area contributed by atoms with Crippen molar-refractivity contribution in [3.8, 4) is 11.1 Å². The van der Waals surface area contributed by atoms with Crippen LogP contribution in [0.2, 0.25) is 5.02 Å². The minimum Gasteiger partial charge on any atom is -0.324 e. The molecule has 0 fully saturated rings. The molecule has 0 saturated carbocycles. The van der Waals surface area contributed by atoms with Gasteiger partial charge in [0.05, 0.1) is 10.7 Å². The monoisotopic (exact) mass is 407 g/mol. The minimum absolute atomic E-state index is 0.0797. The van der Waals surface area contributed by atoms with Gasteiger partial charge in [0.25, 0.3) is 0 Å². The zero-order chi connectivity index (χ0) is 20.5. The highest BCUT2D eigenvalue weighted by atomic mass is 35.5. The molecule has 0 aliphatic heterocycles. The first-order chi connectivity index (χ1) is 13.2. The number of alkyl halides is 3. The first-order valence-corrected chi connectivity index (χ1v) is 8.84. The van der Waals surface area contributed by atoms with E-state index in [0.29, 0.717) is 5.69 Å². The SMILES string of the molecule is Cc1c(Cl)c(C(F)(F)F)nn1C(C)C(=O)Nc1ccc(-c2ccccc2)cc1. The van der Waals surface area contributed by atoms with Gasteiger partial charge in [0.2, 0.25) is 5.91 Å². The Bertz CT molecular complexity index is 982. The van der Waals surface area contributed by atoms with Crippen molar-refractivity contribution < 1.29 is 18.0 Å². The molecule has 2 aromatic carbocycles. The Balaban J connectivity index is 1.76. The van der Waals surface area contributed by atoms with Gasteiger partial charge in [-0.15, -0.1) is 0 Å². The molecule has 28 heavy (non-hydrogen) atoms. The maximum absolute atomic E-state index is 13.0. The van der Waals surface area contributed by atoms with E-state index in [1.165, 1.54) is 13.8 Å². The summed E-state index contributed by atoms with van der Waals surface area (Å²) in [5.74, 6) is -0.497. The van der Waals surface area contributed by atoms with E-state index in [4.69, 9.17) is 11.6 Å². The number of rotatable bonds is 4. The molecule has 8 heteroatoms. The fourth-order valence-electron chi connectivity index (χ4n) is 2.79. The molecule has 1 aromatic heterocycles. The number of carbonyl (C=O) groups excluding carboxylic acids is 1. The van der Waals surface area contributed by atoms with Gasteiger partial charge in [-0.05, 0) is 37.1 Å². The molecular formula is C20H17ClF3N3O. The summed E-state index contributed by atoms with van der Waals surface area (Å²) >= 11 is 5.75. The van der Waals surface area contributed by atoms with Crippen molar-refractivity contribution in [2.75, 3.05) is 5.32 Å². The number of nitrogens with zero attached hydrogens (tertiary/aromatic N) is 2. The Morgan fingerprint density at radius 1 is 1.07 bits per heavy atom. The summed E-state index contributed by atoms with van der Waals surface area (Å²) in [6, 6.07) is 15.9. The highest BCUT2D eigenvalue weighted by molar-refractivity contribution is 6.32. The van der Waals surface area contributed by atoms with Gasteiger partial charge >= 0.3 is 6.18 Å². The van der Waals surface area contributed by atoms with Crippen molar-refractivity contribution >= 4 is 23.2 Å². The maximum Gasteiger partial charge on any atom is 0.436 e. The molecular weight excluding hydrogens is 391 g/mol. The van der Waals surface area contributed by atoms with Crippen LogP contribution in [-0.4, -0.2) is 15.7 Å². The number of hydrogen-bond acceptors (Lipinski definition) is 2. The van der Waals surface area contributed by atoms with E-state index in [2.05, 4.69) is 10.4 Å². The molecule has 1 heterocycles. The van der Waals surface area contributed by atoms with Gasteiger partial charge in [0.1, 0.15) is 6.04 Å². The van der Waals surface area contributed by atoms with Gasteiger partial charge in [-0.25, -0.2) is 0 Å². The fourth-order valence-corrected chi connectivity index (χ4v) is 3.02. The van der Waals surface area contributed by atoms with Crippen molar-refractivity contribution in [3.63, 3.8) is 0 Å². The third kappa shape index (κ3) is 4.04. The molecule has 0 aliphatic carbocycles. The van der Waals surface area contributed by atoms with E-state index in [0.717, 1.165) is 15.8 Å². The molecule has 4 nitrogen and oxygen atoms in total. The number of aromatic nitrogens is 2. The second-order valence-corrected chi connectivity index (χ2v) is 6.68. The smallest absolute Gasteiger partial charge is 0.324 e. The summed E-state index contributed by atoms with van der Waals surface area (Å²) in [6.45, 7) is 2.85. The summed E-state index contributed by atoms with van der Waals surface area (Å²) in [5.41, 5.74) is 1.43. The average molecular weight is 408 g/mol. The standard InChI is InChI=1S/C20H17ClF3N3O/c1-12-17(21)18(20(22,23)24)26-27(12)13(2)19(28)25-16-10-8-15(9-11-16)14-6-4-3-5-7-14/h3-11,13H,1-2H3,(H,25,28). The Labute approximate surface area is 164 Å². The van der Waals surface area contributed by atoms with Gasteiger partial charge in [0, 0.05) is 5.69 Å². The topological polar surface area (TPSA) is 46.9 Å². The largest absolute Gasteiger partial charge is 0.436 e. The van der Waals surface area contributed by atoms with Crippen molar-refractivity contribution in [3.05, 3.63) is 71.0 Å². The molecule has 1 atom stereocenters. The Kier molecular flexibility index (Phi) is 5.47. The van der Waals surface area contributed by atoms with Crippen LogP contribution < -0.4 is 5.32 Å². The van der Waals surface area contributed by atoms with Gasteiger partial charge < -0.3 is 5.32 Å². The van der Waals surface area contributed by atoms with Crippen LogP contribution in [0.25, 0.3) is 11.1 Å². The van der Waals surface area contributed by atoms with Crippen LogP contribution in [0.1, 0.15) is 24.4 Å². The Hall–Kier alpha value is -2.80. The Morgan fingerprint density at radius 3 is 2.18 bits per heavy atom. The van der Waals surface area contributed by atoms with E-state index in [9.17, 15) is 18.0 Å². The zero-order valence-corrected chi connectivity index (χ0v) is 15.8. The predicted octanol–water partition coefficient (Wildman–Crippen LogP) is 5.73. The third-order valence-corrected chi connectivity index (χ3v) is 4.80. The van der Waals surface area contributed by atoms with Crippen LogP contribution in [0, 0.1) is 6.92 Å². The molecule has 0 radical (unpaired) electrons. The van der Waals surface area contributed by atoms with Crippen LogP contribution in [-0.2, 0) is 11.0 Å². The van der Waals surface area contributed by atoms with Crippen molar-refractivity contribution in [2.45, 2.75) is 26.1 Å². The van der Waals surface area contributed by atoms with Gasteiger partial charge in [-0.1, -0.05) is 54.1 Å². The maximum atomic E-state index is 13.0. The number of anilines is 1. The number of amides is 1. The third-order valence-electron chi connectivity index (χ3n) is 4.35. The van der Waals surface area contributed by atoms with E-state index in [1.54, 1.807) is 12.1 Å². The number of benzene rings is 2. The second kappa shape index (κ2) is 7.67. The molecule has 1 N–H and O–H groups in total. The number of hydrogen-bond donors (Lipinski definition) is 1. The minimum atomic E-state index is -4.68. The van der Waals surface area contributed by atoms with Crippen LogP contribution in [0.4, 0.5) is 18.9 Å². The summed E-state index contributed by atoms with van der Waals surface area (Å²) in [4.78, 5) is 12.5. The van der Waals surface area contributed by atoms with Crippen LogP contribution in [0.15, 0.2) is 54.6 Å². The highest BCUT2D eigenvalue weighted by Crippen LogP contribution is 2.36. The number of nitrogens with one attached hydrogen (secondary N) is 1. The first kappa shape index (κ1) is 19.9. The average Bonchev–Trinajstić information content (AvgIpc) is 2.97. The normalized spacial score (nSPS) is 12.6. The van der Waals surface area contributed by atoms with Crippen LogP contribution in [0.3, 0.4) is 0 Å². The van der Waals surface area contributed by atoms with E-state index in [1.807, 2.05) is 42.5 Å². The molecule has 1 unspecified atom stereocenters. The summed E-state index contributed by atoms with van der Waals surface area (Å²) < 4.78 is 39.9. The summed E-state index contributed by atoms with van der Waals surface area (Å²) in [6.07, 6.45) is -4.68. The fraction of sp³-hybridized carbons (Fsp3) is 0.200. The first-order valence-electron chi connectivity index (χ1n) is 8.46. The van der Waals surface area contributed by atoms with Crippen molar-refractivity contribution in [1.29, 1.82) is 0 Å². The van der Waals surface area contributed by atoms with E-state index >= 15 is 0 Å². The van der Waals surface area contributed by atoms with Crippen LogP contribution in [0.5, 0.6) is 0 Å². The second-order valence-electron chi connectivity index (χ2n) is 6.30. The van der Waals surface area contributed by atoms with Gasteiger partial charge in [-0.2, -0.15) is 18.3 Å². The quantitative estimate of drug-likeness (QED) is 0.600. The molecule has 0 aliphatic rings. The molecule has 1 amide bonds. The molecule has 0 bridgehead atoms. The van der Waals surface area contributed by atoms with Crippen molar-refractivity contribution in [2.24, 2.45) is 0 Å². The van der Waals surface area contributed by atoms with E-state index < -0.39 is 28.8 Å². The van der Waals surface area contributed by atoms with Gasteiger partial charge in [-0.3, -0.25) is 9.48 Å². The summed E-state index contributed by atoms with van der Waals surface area (Å²) in [7, 11) is 0. The predicted molar refractivity (Wildman–Crippen MR) is 102 cm³/mol. The van der Waals surface area contributed by atoms with E-state index in [-0.39, 0.29) is 5.69 Å². The Morgan fingerprint density at radius 2 is 1.64 bits per heavy atom. The lowest BCUT2D eigenvalue weighted by Gasteiger charge is -2.15.